The van der Waals surface area contributed by atoms with Gasteiger partial charge in [-0.25, -0.2) is 4.98 Å². The number of sulfonamides is 1. The topological polar surface area (TPSA) is 82.9 Å². The summed E-state index contributed by atoms with van der Waals surface area (Å²) in [5, 5.41) is 1.70. The van der Waals surface area contributed by atoms with E-state index in [0.717, 1.165) is 17.2 Å². The molecule has 1 aliphatic carbocycles. The molecule has 5 rings (SSSR count). The van der Waals surface area contributed by atoms with Gasteiger partial charge in [0.2, 0.25) is 5.78 Å². The lowest BCUT2D eigenvalue weighted by Crippen LogP contribution is -2.48. The van der Waals surface area contributed by atoms with Crippen LogP contribution in [0.15, 0.2) is 86.6 Å². The number of rotatable bonds is 4. The van der Waals surface area contributed by atoms with Crippen molar-refractivity contribution in [1.82, 2.24) is 9.88 Å². The molecule has 0 atom stereocenters. The van der Waals surface area contributed by atoms with Crippen LogP contribution in [0.1, 0.15) is 15.9 Å². The van der Waals surface area contributed by atoms with Gasteiger partial charge in [-0.3, -0.25) is 4.79 Å². The van der Waals surface area contributed by atoms with Crippen LogP contribution in [-0.4, -0.2) is 56.0 Å². The number of anilines is 1. The lowest BCUT2D eigenvalue weighted by Gasteiger charge is -2.38. The van der Waals surface area contributed by atoms with Crippen LogP contribution in [0.2, 0.25) is 0 Å². The molecule has 3 heterocycles. The van der Waals surface area contributed by atoms with E-state index < -0.39 is 10.0 Å². The number of aromatic nitrogens is 1. The third-order valence-electron chi connectivity index (χ3n) is 5.52. The van der Waals surface area contributed by atoms with Crippen LogP contribution in [0, 0.1) is 0 Å². The summed E-state index contributed by atoms with van der Waals surface area (Å²) in [6, 6.07) is 16.0. The molecule has 0 spiro atoms. The molecule has 1 aromatic carbocycles. The molecule has 7 nitrogen and oxygen atoms in total. The van der Waals surface area contributed by atoms with Crippen LogP contribution < -0.4 is 4.90 Å². The van der Waals surface area contributed by atoms with E-state index in [4.69, 9.17) is 0 Å². The van der Waals surface area contributed by atoms with E-state index in [1.54, 1.807) is 48.0 Å². The normalized spacial score (nSPS) is 17.9. The predicted octanol–water partition coefficient (Wildman–Crippen LogP) is 3.22. The minimum absolute atomic E-state index is 0.112. The molecule has 1 aliphatic heterocycles. The third kappa shape index (κ3) is 3.85. The lowest BCUT2D eigenvalue weighted by atomic mass is 9.91. The van der Waals surface area contributed by atoms with Gasteiger partial charge in [0.25, 0.3) is 10.0 Å². The van der Waals surface area contributed by atoms with Crippen LogP contribution in [0.3, 0.4) is 0 Å². The van der Waals surface area contributed by atoms with Crippen molar-refractivity contribution >= 4 is 38.7 Å². The minimum atomic E-state index is -3.86. The van der Waals surface area contributed by atoms with Crippen LogP contribution in [-0.2, 0) is 10.0 Å². The van der Waals surface area contributed by atoms with E-state index in [9.17, 15) is 13.2 Å². The largest absolute Gasteiger partial charge is 0.365 e. The first-order valence-corrected chi connectivity index (χ1v) is 12.5. The first-order chi connectivity index (χ1) is 15.5. The number of ketones is 1. The molecule has 0 N–H and O–H groups in total. The van der Waals surface area contributed by atoms with Crippen molar-refractivity contribution in [3.05, 3.63) is 89.1 Å². The van der Waals surface area contributed by atoms with Gasteiger partial charge in [-0.2, -0.15) is 12.8 Å². The van der Waals surface area contributed by atoms with Crippen LogP contribution in [0.5, 0.6) is 0 Å². The molecular weight excluding hydrogens is 444 g/mol. The smallest absolute Gasteiger partial charge is 0.292 e. The molecule has 2 aliphatic rings. The average Bonchev–Trinajstić information content (AvgIpc) is 3.38. The summed E-state index contributed by atoms with van der Waals surface area (Å²) in [6.45, 7) is 2.68. The zero-order valence-corrected chi connectivity index (χ0v) is 18.7. The summed E-state index contributed by atoms with van der Waals surface area (Å²) in [6.07, 6.45) is 3.38. The number of Topliss-reactive ketones (excluding diaryl/α,β-unsaturated/α-hetero) is 1. The zero-order valence-electron chi connectivity index (χ0n) is 17.1. The Kier molecular flexibility index (Phi) is 5.36. The molecular formula is C23H20N4O3S2. The van der Waals surface area contributed by atoms with E-state index in [0.29, 0.717) is 43.0 Å². The van der Waals surface area contributed by atoms with E-state index in [2.05, 4.69) is 14.3 Å². The Morgan fingerprint density at radius 3 is 2.28 bits per heavy atom. The number of carbonyl (C=O) groups excluding carboxylic acids is 1. The van der Waals surface area contributed by atoms with Crippen LogP contribution in [0.25, 0.3) is 0 Å². The molecule has 0 amide bonds. The van der Waals surface area contributed by atoms with Crippen molar-refractivity contribution in [2.45, 2.75) is 4.21 Å². The van der Waals surface area contributed by atoms with E-state index in [-0.39, 0.29) is 15.7 Å². The Morgan fingerprint density at radius 2 is 1.59 bits per heavy atom. The fourth-order valence-electron chi connectivity index (χ4n) is 3.93. The molecule has 0 bridgehead atoms. The summed E-state index contributed by atoms with van der Waals surface area (Å²) in [5.41, 5.74) is 1.77. The van der Waals surface area contributed by atoms with Gasteiger partial charge in [-0.15, -0.1) is 11.3 Å². The van der Waals surface area contributed by atoms with Crippen LogP contribution >= 0.6 is 11.3 Å². The summed E-state index contributed by atoms with van der Waals surface area (Å²) < 4.78 is 29.9. The van der Waals surface area contributed by atoms with Crippen molar-refractivity contribution < 1.29 is 13.2 Å². The van der Waals surface area contributed by atoms with Crippen LogP contribution in [0.4, 0.5) is 5.82 Å². The number of pyridine rings is 1. The summed E-state index contributed by atoms with van der Waals surface area (Å²) in [4.78, 5) is 21.9. The maximum atomic E-state index is 13.3. The maximum absolute atomic E-state index is 13.3. The maximum Gasteiger partial charge on any atom is 0.292 e. The minimum Gasteiger partial charge on any atom is -0.365 e. The Morgan fingerprint density at radius 1 is 0.875 bits per heavy atom. The van der Waals surface area contributed by atoms with Crippen molar-refractivity contribution in [2.75, 3.05) is 31.1 Å². The average molecular weight is 465 g/mol. The highest BCUT2D eigenvalue weighted by atomic mass is 32.2. The number of nitrogens with zero attached hydrogens (tertiary/aromatic N) is 4. The number of fused-ring (bicyclic) bond motifs is 1. The fraction of sp³-hybridized carbons (Fsp3) is 0.174. The fourth-order valence-corrected chi connectivity index (χ4v) is 5.89. The van der Waals surface area contributed by atoms with E-state index >= 15 is 0 Å². The van der Waals surface area contributed by atoms with Crippen molar-refractivity contribution in [2.24, 2.45) is 4.40 Å². The van der Waals surface area contributed by atoms with Gasteiger partial charge in [0, 0.05) is 43.5 Å². The second-order valence-electron chi connectivity index (χ2n) is 7.45. The number of thiophene rings is 1. The molecule has 1 saturated heterocycles. The highest BCUT2D eigenvalue weighted by Crippen LogP contribution is 2.27. The standard InChI is InChI=1S/C23H20N4O3S2/c28-23-18-7-2-1-6-17(18)19(25-32(29,30)22-9-5-15-31-22)16-20(23)26-11-13-27(14-12-26)21-8-3-4-10-24-21/h1-10,15-16H,11-14H2/b25-19+. The predicted molar refractivity (Wildman–Crippen MR) is 125 cm³/mol. The van der Waals surface area contributed by atoms with Gasteiger partial charge in [-0.05, 0) is 29.7 Å². The quantitative estimate of drug-likeness (QED) is 0.590. The number of allylic oxidation sites excluding steroid dienone is 2. The molecule has 0 saturated carbocycles. The molecule has 0 unspecified atom stereocenters. The van der Waals surface area contributed by atoms with Gasteiger partial charge in [-0.1, -0.05) is 36.4 Å². The van der Waals surface area contributed by atoms with Crippen molar-refractivity contribution in [3.63, 3.8) is 0 Å². The summed E-state index contributed by atoms with van der Waals surface area (Å²) in [5.74, 6) is 0.796. The number of carbonyl (C=O) groups is 1. The molecule has 3 aromatic rings. The van der Waals surface area contributed by atoms with Gasteiger partial charge in [0.05, 0.1) is 11.4 Å². The zero-order chi connectivity index (χ0) is 22.1. The first-order valence-electron chi connectivity index (χ1n) is 10.2. The number of hydrogen-bond donors (Lipinski definition) is 0. The molecule has 2 aromatic heterocycles. The Labute approximate surface area is 190 Å². The lowest BCUT2D eigenvalue weighted by molar-refractivity contribution is 0.0987. The van der Waals surface area contributed by atoms with Crippen molar-refractivity contribution in [3.8, 4) is 0 Å². The summed E-state index contributed by atoms with van der Waals surface area (Å²) in [7, 11) is -3.86. The number of hydrogen-bond acceptors (Lipinski definition) is 7. The van der Waals surface area contributed by atoms with Gasteiger partial charge >= 0.3 is 0 Å². The Balaban J connectivity index is 1.48. The molecule has 1 fully saturated rings. The highest BCUT2D eigenvalue weighted by molar-refractivity contribution is 7.92. The van der Waals surface area contributed by atoms with E-state index in [1.165, 1.54) is 6.07 Å². The SMILES string of the molecule is O=C1C(N2CCN(c3ccccn3)CC2)=C/C(=N\S(=O)(=O)c2cccs2)c2ccccc21. The molecule has 0 radical (unpaired) electrons. The second-order valence-corrected chi connectivity index (χ2v) is 10.2. The third-order valence-corrected chi connectivity index (χ3v) is 8.18. The van der Waals surface area contributed by atoms with Gasteiger partial charge < -0.3 is 9.80 Å². The monoisotopic (exact) mass is 464 g/mol. The Hall–Kier alpha value is -3.30. The van der Waals surface area contributed by atoms with Gasteiger partial charge in [0.1, 0.15) is 10.0 Å². The highest BCUT2D eigenvalue weighted by Gasteiger charge is 2.31. The van der Waals surface area contributed by atoms with E-state index in [1.807, 2.05) is 23.1 Å². The Bertz CT molecular complexity index is 1310. The second kappa shape index (κ2) is 8.33. The number of piperazine rings is 1. The van der Waals surface area contributed by atoms with Gasteiger partial charge in [0.15, 0.2) is 0 Å². The number of benzene rings is 1. The molecule has 9 heteroatoms. The first kappa shape index (κ1) is 20.6. The van der Waals surface area contributed by atoms with Crippen molar-refractivity contribution in [1.29, 1.82) is 0 Å². The summed E-state index contributed by atoms with van der Waals surface area (Å²) >= 11 is 1.12. The molecule has 32 heavy (non-hydrogen) atoms. The molecule has 162 valence electrons.